The summed E-state index contributed by atoms with van der Waals surface area (Å²) >= 11 is 0. The van der Waals surface area contributed by atoms with Crippen LogP contribution in [-0.2, 0) is 37.7 Å². The largest absolute Gasteiger partial charge is 0.523 e. The van der Waals surface area contributed by atoms with Crippen molar-refractivity contribution in [2.75, 3.05) is 6.61 Å². The molecule has 5 atom stereocenters. The van der Waals surface area contributed by atoms with Gasteiger partial charge in [0, 0.05) is 0 Å². The van der Waals surface area contributed by atoms with E-state index in [1.165, 1.54) is 13.8 Å². The number of fused-ring (bicyclic) bond motifs is 1. The van der Waals surface area contributed by atoms with Gasteiger partial charge in [-0.3, -0.25) is 8.98 Å². The van der Waals surface area contributed by atoms with Crippen LogP contribution in [0.25, 0.3) is 0 Å². The van der Waals surface area contributed by atoms with Gasteiger partial charge in [-0.25, -0.2) is 0 Å². The quantitative estimate of drug-likeness (QED) is 0.256. The molecule has 2 aliphatic heterocycles. The molecule has 0 spiro atoms. The van der Waals surface area contributed by atoms with Crippen molar-refractivity contribution >= 4 is 24.4 Å². The molecule has 0 bridgehead atoms. The number of hydrogen-bond acceptors (Lipinski definition) is 9. The lowest BCUT2D eigenvalue weighted by atomic mass is 9.95. The van der Waals surface area contributed by atoms with E-state index in [0.29, 0.717) is 0 Å². The predicted molar refractivity (Wildman–Crippen MR) is 105 cm³/mol. The minimum absolute atomic E-state index is 0.330. The maximum atomic E-state index is 13.0. The van der Waals surface area contributed by atoms with E-state index in [1.54, 1.807) is 0 Å². The number of esters is 1. The third kappa shape index (κ3) is 5.60. The van der Waals surface area contributed by atoms with E-state index in [4.69, 9.17) is 24.4 Å². The van der Waals surface area contributed by atoms with Gasteiger partial charge in [-0.1, -0.05) is 20.8 Å². The van der Waals surface area contributed by atoms with E-state index >= 15 is 0 Å². The average Bonchev–Trinajstić information content (AvgIpc) is 2.88. The highest BCUT2D eigenvalue weighted by molar-refractivity contribution is 7.87. The van der Waals surface area contributed by atoms with Gasteiger partial charge in [-0.15, -0.1) is 0 Å². The fourth-order valence-electron chi connectivity index (χ4n) is 2.95. The summed E-state index contributed by atoms with van der Waals surface area (Å²) in [5.74, 6) is -2.20. The SMILES string of the molecule is CC1(C)O[C@@H]2[C@H](O1)[C@H](N)C(=O)O[C@@H]2[C@@H](CO[Si](C)(C)C(C)(C)C)OS(=O)(=O)C(F)(F)F. The van der Waals surface area contributed by atoms with E-state index in [2.05, 4.69) is 4.18 Å². The second-order valence-electron chi connectivity index (χ2n) is 9.60. The highest BCUT2D eigenvalue weighted by Crippen LogP contribution is 2.40. The van der Waals surface area contributed by atoms with Crippen molar-refractivity contribution in [3.05, 3.63) is 0 Å². The lowest BCUT2D eigenvalue weighted by molar-refractivity contribution is -0.186. The molecule has 0 aromatic heterocycles. The molecule has 0 unspecified atom stereocenters. The number of ether oxygens (including phenoxy) is 3. The first-order valence-corrected chi connectivity index (χ1v) is 14.0. The molecule has 9 nitrogen and oxygen atoms in total. The number of rotatable bonds is 6. The maximum Gasteiger partial charge on any atom is 0.523 e. The summed E-state index contributed by atoms with van der Waals surface area (Å²) in [6, 6.07) is -1.26. The number of halogens is 3. The Bertz CT molecular complexity index is 796. The van der Waals surface area contributed by atoms with Crippen LogP contribution in [-0.4, -0.2) is 71.1 Å². The Labute approximate surface area is 180 Å². The minimum Gasteiger partial charge on any atom is -0.455 e. The molecule has 14 heteroatoms. The maximum absolute atomic E-state index is 13.0. The topological polar surface area (TPSA) is 123 Å². The lowest BCUT2D eigenvalue weighted by Crippen LogP contribution is -2.62. The minimum atomic E-state index is -6.02. The molecule has 2 N–H and O–H groups in total. The van der Waals surface area contributed by atoms with Gasteiger partial charge in [0.15, 0.2) is 20.2 Å². The van der Waals surface area contributed by atoms with Crippen LogP contribution in [0.4, 0.5) is 13.2 Å². The first-order valence-electron chi connectivity index (χ1n) is 9.64. The number of cyclic esters (lactones) is 1. The van der Waals surface area contributed by atoms with Crippen LogP contribution in [0.1, 0.15) is 34.6 Å². The second kappa shape index (κ2) is 8.22. The molecule has 2 rings (SSSR count). The number of carbonyl (C=O) groups excluding carboxylic acids is 1. The van der Waals surface area contributed by atoms with E-state index in [1.807, 2.05) is 33.9 Å². The zero-order chi connectivity index (χ0) is 24.2. The van der Waals surface area contributed by atoms with E-state index in [0.717, 1.165) is 0 Å². The number of alkyl halides is 3. The molecule has 2 heterocycles. The van der Waals surface area contributed by atoms with Gasteiger partial charge in [-0.05, 0) is 32.0 Å². The summed E-state index contributed by atoms with van der Waals surface area (Å²) in [5, 5.41) is -0.330. The Kier molecular flexibility index (Phi) is 7.02. The molecule has 0 saturated carbocycles. The van der Waals surface area contributed by atoms with Crippen molar-refractivity contribution in [3.8, 4) is 0 Å². The molecule has 0 aromatic carbocycles. The van der Waals surface area contributed by atoms with Crippen molar-refractivity contribution in [1.29, 1.82) is 0 Å². The summed E-state index contributed by atoms with van der Waals surface area (Å²) in [6.07, 6.45) is -5.60. The Morgan fingerprint density at radius 3 is 2.16 bits per heavy atom. The first-order chi connectivity index (χ1) is 13.7. The normalized spacial score (nSPS) is 30.6. The third-order valence-corrected chi connectivity index (χ3v) is 11.2. The summed E-state index contributed by atoms with van der Waals surface area (Å²) < 4.78 is 89.5. The Hall–Kier alpha value is -0.773. The molecule has 0 amide bonds. The molecule has 182 valence electrons. The average molecular weight is 494 g/mol. The van der Waals surface area contributed by atoms with Crippen LogP contribution in [0, 0.1) is 0 Å². The monoisotopic (exact) mass is 493 g/mol. The molecule has 0 aromatic rings. The van der Waals surface area contributed by atoms with Crippen molar-refractivity contribution in [2.24, 2.45) is 5.73 Å². The first kappa shape index (κ1) is 26.5. The second-order valence-corrected chi connectivity index (χ2v) is 16.0. The van der Waals surface area contributed by atoms with Crippen molar-refractivity contribution in [3.63, 3.8) is 0 Å². The van der Waals surface area contributed by atoms with E-state index in [9.17, 15) is 26.4 Å². The molecular formula is C17H30F3NO8SSi. The smallest absolute Gasteiger partial charge is 0.455 e. The Morgan fingerprint density at radius 2 is 1.68 bits per heavy atom. The van der Waals surface area contributed by atoms with Crippen LogP contribution in [0.5, 0.6) is 0 Å². The summed E-state index contributed by atoms with van der Waals surface area (Å²) in [7, 11) is -8.56. The van der Waals surface area contributed by atoms with Crippen LogP contribution in [0.15, 0.2) is 0 Å². The summed E-state index contributed by atoms with van der Waals surface area (Å²) in [5.41, 5.74) is 0.123. The fourth-order valence-corrected chi connectivity index (χ4v) is 4.57. The predicted octanol–water partition coefficient (Wildman–Crippen LogP) is 2.02. The zero-order valence-corrected chi connectivity index (χ0v) is 20.3. The third-order valence-electron chi connectivity index (χ3n) is 5.68. The Morgan fingerprint density at radius 1 is 1.16 bits per heavy atom. The fraction of sp³-hybridized carbons (Fsp3) is 0.941. The Balaban J connectivity index is 2.40. The number of carbonyl (C=O) groups is 1. The molecule has 2 aliphatic rings. The molecular weight excluding hydrogens is 463 g/mol. The summed E-state index contributed by atoms with van der Waals surface area (Å²) in [4.78, 5) is 12.2. The molecule has 0 aliphatic carbocycles. The molecule has 2 fully saturated rings. The van der Waals surface area contributed by atoms with Crippen LogP contribution in [0.3, 0.4) is 0 Å². The number of hydrogen-bond donors (Lipinski definition) is 1. The van der Waals surface area contributed by atoms with Crippen LogP contribution < -0.4 is 5.73 Å². The van der Waals surface area contributed by atoms with Crippen molar-refractivity contribution in [2.45, 2.75) is 94.5 Å². The van der Waals surface area contributed by atoms with Gasteiger partial charge >= 0.3 is 21.6 Å². The van der Waals surface area contributed by atoms with Gasteiger partial charge in [0.1, 0.15) is 24.4 Å². The summed E-state index contributed by atoms with van der Waals surface area (Å²) in [6.45, 7) is 11.8. The van der Waals surface area contributed by atoms with Crippen molar-refractivity contribution in [1.82, 2.24) is 0 Å². The highest BCUT2D eigenvalue weighted by atomic mass is 32.2. The van der Waals surface area contributed by atoms with Gasteiger partial charge in [0.25, 0.3) is 0 Å². The lowest BCUT2D eigenvalue weighted by Gasteiger charge is -2.40. The zero-order valence-electron chi connectivity index (χ0n) is 18.5. The van der Waals surface area contributed by atoms with Crippen LogP contribution >= 0.6 is 0 Å². The molecule has 31 heavy (non-hydrogen) atoms. The molecule has 2 saturated heterocycles. The van der Waals surface area contributed by atoms with Gasteiger partial charge < -0.3 is 24.4 Å². The highest BCUT2D eigenvalue weighted by Gasteiger charge is 2.59. The standard InChI is InChI=1S/C17H30F3NO8SSi/c1-15(2,3)31(6,7)25-8-9(29-30(23,24)17(18,19)20)11-13-12(10(21)14(22)26-11)27-16(4,5)28-13/h9-13H,8,21H2,1-7H3/t9-,10+,11-,12-,13+/m1/s1. The van der Waals surface area contributed by atoms with Gasteiger partial charge in [-0.2, -0.15) is 21.6 Å². The van der Waals surface area contributed by atoms with Crippen molar-refractivity contribution < 1.29 is 49.2 Å². The van der Waals surface area contributed by atoms with E-state index in [-0.39, 0.29) is 5.04 Å². The van der Waals surface area contributed by atoms with Gasteiger partial charge in [0.05, 0.1) is 6.61 Å². The van der Waals surface area contributed by atoms with Gasteiger partial charge in [0.2, 0.25) is 0 Å². The van der Waals surface area contributed by atoms with Crippen LogP contribution in [0.2, 0.25) is 18.1 Å². The molecule has 0 radical (unpaired) electrons. The number of nitrogens with two attached hydrogens (primary N) is 1. The van der Waals surface area contributed by atoms with E-state index < -0.39 is 72.8 Å².